The average Bonchev–Trinajstić information content (AvgIpc) is 2.88. The fourth-order valence-corrected chi connectivity index (χ4v) is 5.42. The van der Waals surface area contributed by atoms with E-state index < -0.39 is 71.5 Å². The van der Waals surface area contributed by atoms with Crippen molar-refractivity contribution in [1.82, 2.24) is 0 Å². The van der Waals surface area contributed by atoms with Gasteiger partial charge in [0.2, 0.25) is 0 Å². The van der Waals surface area contributed by atoms with E-state index in [4.69, 9.17) is 26.3 Å². The molecule has 0 bridgehead atoms. The number of phenols is 2. The summed E-state index contributed by atoms with van der Waals surface area (Å²) in [7, 11) is 0. The maximum atomic E-state index is 13.3. The summed E-state index contributed by atoms with van der Waals surface area (Å²) in [6, 6.07) is 5.40. The van der Waals surface area contributed by atoms with Crippen LogP contribution in [0.3, 0.4) is 0 Å². The van der Waals surface area contributed by atoms with Crippen LogP contribution in [0.1, 0.15) is 75.8 Å². The minimum atomic E-state index is -1.97. The van der Waals surface area contributed by atoms with Crippen LogP contribution in [0.15, 0.2) is 24.3 Å². The van der Waals surface area contributed by atoms with E-state index in [9.17, 15) is 34.8 Å². The van der Waals surface area contributed by atoms with Crippen molar-refractivity contribution in [3.8, 4) is 11.5 Å². The number of aliphatic hydroxyl groups is 2. The minimum absolute atomic E-state index is 0.00588. The summed E-state index contributed by atoms with van der Waals surface area (Å²) >= 11 is 0. The molecule has 13 nitrogen and oxygen atoms in total. The first-order valence-corrected chi connectivity index (χ1v) is 12.1. The van der Waals surface area contributed by atoms with E-state index in [1.165, 1.54) is 24.0 Å². The molecule has 2 aromatic rings. The number of rotatable bonds is 3. The Labute approximate surface area is 222 Å². The molecule has 0 radical (unpaired) electrons. The van der Waals surface area contributed by atoms with E-state index in [0.717, 1.165) is 0 Å². The Bertz CT molecular complexity index is 1390. The highest BCUT2D eigenvalue weighted by molar-refractivity contribution is 6.30. The number of ether oxygens (including phenoxy) is 2. The Kier molecular flexibility index (Phi) is 7.50. The predicted octanol–water partition coefficient (Wildman–Crippen LogP) is 1.89. The lowest BCUT2D eigenvalue weighted by Crippen LogP contribution is -2.52. The van der Waals surface area contributed by atoms with E-state index in [1.807, 2.05) is 0 Å². The zero-order chi connectivity index (χ0) is 28.8. The van der Waals surface area contributed by atoms with Gasteiger partial charge in [0.05, 0.1) is 29.4 Å². The SMILES string of the molecule is CC(=O)[C@]1(O)Cc2c(O)c3c(c(O)c2[C@@H](O[C@H]2C[C@H](N)[C@H](O)[C@H](C)O2)C1)C(=O)c1ccccc1C3=O.[N-]=[N+]=[N-]. The molecule has 206 valence electrons. The fourth-order valence-electron chi connectivity index (χ4n) is 5.42. The van der Waals surface area contributed by atoms with Crippen molar-refractivity contribution in [3.63, 3.8) is 0 Å². The van der Waals surface area contributed by atoms with Crippen molar-refractivity contribution in [2.24, 2.45) is 5.73 Å². The predicted molar refractivity (Wildman–Crippen MR) is 134 cm³/mol. The number of nitrogens with two attached hydrogens (primary N) is 1. The largest absolute Gasteiger partial charge is 0.507 e. The number of phenolic OH excluding ortho intramolecular Hbond substituents is 2. The van der Waals surface area contributed by atoms with Gasteiger partial charge in [0.15, 0.2) is 23.6 Å². The van der Waals surface area contributed by atoms with E-state index >= 15 is 0 Å². The van der Waals surface area contributed by atoms with Crippen molar-refractivity contribution in [2.75, 3.05) is 0 Å². The van der Waals surface area contributed by atoms with Gasteiger partial charge in [-0.05, 0) is 13.8 Å². The van der Waals surface area contributed by atoms with Crippen molar-refractivity contribution in [2.45, 2.75) is 69.4 Å². The standard InChI is InChI=1S/C26H27NO9.N3/c1-10-21(29)15(27)7-17(35-10)36-16-9-26(34,11(2)28)8-14-18(16)25(33)20-19(24(14)32)22(30)12-5-3-4-6-13(12)23(20)31;1-3-2/h3-6,10,15-17,21,29,32-34H,7-9,27H2,1-2H3;/q;-1/t10-,15-,16-,17-,21+,26-;/m0./s1. The molecule has 1 aliphatic heterocycles. The number of ketones is 3. The zero-order valence-corrected chi connectivity index (χ0v) is 21.1. The van der Waals surface area contributed by atoms with Gasteiger partial charge in [-0.25, -0.2) is 0 Å². The molecule has 13 heteroatoms. The molecule has 0 spiro atoms. The van der Waals surface area contributed by atoms with E-state index in [1.54, 1.807) is 19.1 Å². The lowest BCUT2D eigenvalue weighted by Gasteiger charge is -2.42. The monoisotopic (exact) mass is 539 g/mol. The van der Waals surface area contributed by atoms with Crippen molar-refractivity contribution in [3.05, 3.63) is 73.6 Å². The Hall–Kier alpha value is -3.84. The fraction of sp³-hybridized carbons (Fsp3) is 0.423. The number of nitrogens with zero attached hydrogens (tertiary/aromatic N) is 3. The summed E-state index contributed by atoms with van der Waals surface area (Å²) in [5.74, 6) is -3.06. The van der Waals surface area contributed by atoms with Gasteiger partial charge in [-0.1, -0.05) is 24.3 Å². The third-order valence-corrected chi connectivity index (χ3v) is 7.50. The molecule has 39 heavy (non-hydrogen) atoms. The van der Waals surface area contributed by atoms with Gasteiger partial charge in [-0.15, -0.1) is 0 Å². The molecule has 0 amide bonds. The molecule has 0 unspecified atom stereocenters. The number of hydrogen-bond donors (Lipinski definition) is 5. The number of hydrogen-bond acceptors (Lipinski definition) is 10. The molecule has 3 aliphatic rings. The first kappa shape index (κ1) is 28.2. The summed E-state index contributed by atoms with van der Waals surface area (Å²) in [4.78, 5) is 40.5. The third kappa shape index (κ3) is 4.65. The quantitative estimate of drug-likeness (QED) is 0.140. The third-order valence-electron chi connectivity index (χ3n) is 7.50. The Morgan fingerprint density at radius 3 is 2.18 bits per heavy atom. The van der Waals surface area contributed by atoms with Gasteiger partial charge in [0.1, 0.15) is 17.1 Å². The summed E-state index contributed by atoms with van der Waals surface area (Å²) in [6.45, 7) is 2.80. The highest BCUT2D eigenvalue weighted by Gasteiger charge is 2.49. The van der Waals surface area contributed by atoms with Crippen molar-refractivity contribution in [1.29, 1.82) is 0 Å². The van der Waals surface area contributed by atoms with Gasteiger partial charge in [-0.2, -0.15) is 0 Å². The molecule has 1 saturated heterocycles. The smallest absolute Gasteiger partial charge is 0.198 e. The molecule has 2 aromatic carbocycles. The van der Waals surface area contributed by atoms with E-state index in [2.05, 4.69) is 0 Å². The second-order valence-electron chi connectivity index (χ2n) is 9.89. The maximum absolute atomic E-state index is 13.3. The number of benzene rings is 2. The number of aromatic hydroxyl groups is 2. The molecule has 0 saturated carbocycles. The highest BCUT2D eigenvalue weighted by atomic mass is 16.7. The molecule has 2 aliphatic carbocycles. The number of carbonyl (C=O) groups is 3. The number of Topliss-reactive ketones (excluding diaryl/α,β-unsaturated/α-hetero) is 1. The molecular formula is C26H27N4O9-. The molecule has 6 N–H and O–H groups in total. The Morgan fingerprint density at radius 1 is 1.13 bits per heavy atom. The summed E-state index contributed by atoms with van der Waals surface area (Å²) in [5.41, 5.74) is 16.9. The summed E-state index contributed by atoms with van der Waals surface area (Å²) in [5, 5.41) is 43.8. The van der Waals surface area contributed by atoms with Crippen LogP contribution in [-0.2, 0) is 20.7 Å². The number of fused-ring (bicyclic) bond motifs is 3. The highest BCUT2D eigenvalue weighted by Crippen LogP contribution is 2.51. The normalized spacial score (nSPS) is 29.2. The Balaban J connectivity index is 0.00000112. The minimum Gasteiger partial charge on any atom is -0.507 e. The van der Waals surface area contributed by atoms with Crippen LogP contribution in [-0.4, -0.2) is 67.9 Å². The van der Waals surface area contributed by atoms with Crippen molar-refractivity contribution >= 4 is 17.3 Å². The van der Waals surface area contributed by atoms with Crippen LogP contribution < -0.4 is 5.73 Å². The molecule has 5 rings (SSSR count). The van der Waals surface area contributed by atoms with E-state index in [0.29, 0.717) is 0 Å². The molecule has 0 aromatic heterocycles. The van der Waals surface area contributed by atoms with E-state index in [-0.39, 0.29) is 46.2 Å². The van der Waals surface area contributed by atoms with Crippen LogP contribution >= 0.6 is 0 Å². The molecule has 6 atom stereocenters. The van der Waals surface area contributed by atoms with Gasteiger partial charge in [0.25, 0.3) is 0 Å². The topological polar surface area (TPSA) is 235 Å². The molecule has 1 heterocycles. The molecule has 1 fully saturated rings. The van der Waals surface area contributed by atoms with Gasteiger partial charge in [-0.3, -0.25) is 19.3 Å². The summed E-state index contributed by atoms with van der Waals surface area (Å²) in [6.07, 6.45) is -4.38. The van der Waals surface area contributed by atoms with Crippen LogP contribution in [0.2, 0.25) is 0 Å². The van der Waals surface area contributed by atoms with Crippen LogP contribution in [0, 0.1) is 0 Å². The van der Waals surface area contributed by atoms with Crippen molar-refractivity contribution < 1.29 is 44.3 Å². The van der Waals surface area contributed by atoms with Crippen LogP contribution in [0.25, 0.3) is 16.0 Å². The first-order chi connectivity index (χ1) is 18.4. The second-order valence-corrected chi connectivity index (χ2v) is 9.89. The maximum Gasteiger partial charge on any atom is 0.198 e. The van der Waals surface area contributed by atoms with Crippen LogP contribution in [0.5, 0.6) is 11.5 Å². The van der Waals surface area contributed by atoms with Gasteiger partial charge >= 0.3 is 0 Å². The second kappa shape index (κ2) is 10.4. The lowest BCUT2D eigenvalue weighted by atomic mass is 9.72. The lowest BCUT2D eigenvalue weighted by molar-refractivity contribution is -0.247. The van der Waals surface area contributed by atoms with Crippen LogP contribution in [0.4, 0.5) is 0 Å². The van der Waals surface area contributed by atoms with Gasteiger partial charge < -0.3 is 46.7 Å². The number of carbonyl (C=O) groups excluding carboxylic acids is 3. The summed E-state index contributed by atoms with van der Waals surface area (Å²) < 4.78 is 11.8. The Morgan fingerprint density at radius 2 is 1.67 bits per heavy atom. The average molecular weight is 540 g/mol. The number of aliphatic hydroxyl groups excluding tert-OH is 1. The zero-order valence-electron chi connectivity index (χ0n) is 21.1. The first-order valence-electron chi connectivity index (χ1n) is 12.1. The van der Waals surface area contributed by atoms with Gasteiger partial charge in [0, 0.05) is 47.6 Å². The molecular weight excluding hydrogens is 512 g/mol.